The topological polar surface area (TPSA) is 67.4 Å². The maximum Gasteiger partial charge on any atom is 0.415 e. The number of hydrogen-bond acceptors (Lipinski definition) is 3. The van der Waals surface area contributed by atoms with Crippen molar-refractivity contribution >= 4 is 30.0 Å². The predicted octanol–water partition coefficient (Wildman–Crippen LogP) is 7.54. The molecular formula is C32H28N2O3. The maximum atomic E-state index is 12.5. The van der Waals surface area contributed by atoms with Gasteiger partial charge in [-0.25, -0.2) is 14.9 Å². The summed E-state index contributed by atoms with van der Waals surface area (Å²) in [7, 11) is 0. The molecule has 5 heteroatoms. The molecule has 5 rings (SSSR count). The molecule has 4 aromatic carbocycles. The summed E-state index contributed by atoms with van der Waals surface area (Å²) in [5.41, 5.74) is 9.62. The van der Waals surface area contributed by atoms with Crippen molar-refractivity contribution in [2.45, 2.75) is 19.8 Å². The second-order valence-electron chi connectivity index (χ2n) is 9.17. The van der Waals surface area contributed by atoms with Gasteiger partial charge >= 0.3 is 12.1 Å². The fourth-order valence-corrected chi connectivity index (χ4v) is 4.88. The summed E-state index contributed by atoms with van der Waals surface area (Å²) in [6, 6.07) is 29.2. The van der Waals surface area contributed by atoms with E-state index in [1.807, 2.05) is 54.6 Å². The lowest BCUT2D eigenvalue weighted by Crippen LogP contribution is -2.35. The lowest BCUT2D eigenvalue weighted by atomic mass is 9.98. The van der Waals surface area contributed by atoms with Crippen LogP contribution < -0.4 is 10.6 Å². The highest BCUT2D eigenvalue weighted by Gasteiger charge is 2.29. The first-order valence-electron chi connectivity index (χ1n) is 12.3. The Balaban J connectivity index is 1.19. The first-order chi connectivity index (χ1) is 18.0. The average Bonchev–Trinajstić information content (AvgIpc) is 3.21. The van der Waals surface area contributed by atoms with Gasteiger partial charge in [0, 0.05) is 11.6 Å². The van der Waals surface area contributed by atoms with Gasteiger partial charge in [-0.2, -0.15) is 0 Å². The number of carbonyl (C=O) groups excluding carboxylic acids is 2. The zero-order valence-electron chi connectivity index (χ0n) is 20.8. The van der Waals surface area contributed by atoms with Gasteiger partial charge < -0.3 is 10.1 Å². The third-order valence-electron chi connectivity index (χ3n) is 6.69. The average molecular weight is 489 g/mol. The molecule has 0 spiro atoms. The summed E-state index contributed by atoms with van der Waals surface area (Å²) in [5, 5.41) is 4.97. The molecule has 2 N–H and O–H groups in total. The van der Waals surface area contributed by atoms with Crippen molar-refractivity contribution in [2.75, 3.05) is 11.9 Å². The Morgan fingerprint density at radius 3 is 2.08 bits per heavy atom. The molecule has 0 unspecified atom stereocenters. The zero-order chi connectivity index (χ0) is 25.8. The van der Waals surface area contributed by atoms with E-state index in [2.05, 4.69) is 67.0 Å². The van der Waals surface area contributed by atoms with Gasteiger partial charge in [0.05, 0.1) is 0 Å². The van der Waals surface area contributed by atoms with Gasteiger partial charge in [0.15, 0.2) is 0 Å². The molecular weight excluding hydrogens is 460 g/mol. The summed E-state index contributed by atoms with van der Waals surface area (Å²) < 4.78 is 5.46. The Kier molecular flexibility index (Phi) is 6.86. The number of anilines is 1. The van der Waals surface area contributed by atoms with Crippen LogP contribution in [0.5, 0.6) is 0 Å². The quantitative estimate of drug-likeness (QED) is 0.285. The van der Waals surface area contributed by atoms with E-state index >= 15 is 0 Å². The van der Waals surface area contributed by atoms with Crippen molar-refractivity contribution < 1.29 is 14.3 Å². The Hall–Kier alpha value is -4.64. The first-order valence-corrected chi connectivity index (χ1v) is 12.3. The van der Waals surface area contributed by atoms with E-state index in [4.69, 9.17) is 4.74 Å². The highest BCUT2D eigenvalue weighted by Crippen LogP contribution is 2.44. The van der Waals surface area contributed by atoms with Crippen LogP contribution in [0.3, 0.4) is 0 Å². The second kappa shape index (κ2) is 10.5. The molecule has 0 aliphatic heterocycles. The molecule has 0 aromatic heterocycles. The number of nitrogens with one attached hydrogen (secondary N) is 2. The molecule has 37 heavy (non-hydrogen) atoms. The van der Waals surface area contributed by atoms with E-state index in [-0.39, 0.29) is 12.5 Å². The smallest absolute Gasteiger partial charge is 0.415 e. The summed E-state index contributed by atoms with van der Waals surface area (Å²) >= 11 is 0. The Morgan fingerprint density at radius 1 is 0.784 bits per heavy atom. The van der Waals surface area contributed by atoms with Crippen LogP contribution in [0.25, 0.3) is 23.3 Å². The predicted molar refractivity (Wildman–Crippen MR) is 149 cm³/mol. The largest absolute Gasteiger partial charge is 0.448 e. The number of alkyl carbamates (subject to hydrolysis) is 1. The van der Waals surface area contributed by atoms with Crippen molar-refractivity contribution in [2.24, 2.45) is 0 Å². The number of hydrogen-bond donors (Lipinski definition) is 2. The molecule has 0 atom stereocenters. The van der Waals surface area contributed by atoms with Crippen LogP contribution in [0.15, 0.2) is 91.0 Å². The molecule has 1 aliphatic carbocycles. The van der Waals surface area contributed by atoms with Gasteiger partial charge in [0.1, 0.15) is 6.61 Å². The molecule has 0 bridgehead atoms. The molecule has 3 amide bonds. The normalized spacial score (nSPS) is 12.2. The third kappa shape index (κ3) is 5.31. The van der Waals surface area contributed by atoms with Crippen molar-refractivity contribution in [3.63, 3.8) is 0 Å². The third-order valence-corrected chi connectivity index (χ3v) is 6.69. The van der Waals surface area contributed by atoms with Crippen molar-refractivity contribution in [1.29, 1.82) is 0 Å². The van der Waals surface area contributed by atoms with Gasteiger partial charge in [-0.05, 0) is 70.5 Å². The molecule has 0 heterocycles. The highest BCUT2D eigenvalue weighted by atomic mass is 16.5. The number of rotatable bonds is 5. The summed E-state index contributed by atoms with van der Waals surface area (Å²) in [6.07, 6.45) is 3.29. The van der Waals surface area contributed by atoms with E-state index in [0.29, 0.717) is 5.69 Å². The first kappa shape index (κ1) is 24.1. The zero-order valence-corrected chi connectivity index (χ0v) is 20.8. The number of amides is 3. The lowest BCUT2D eigenvalue weighted by molar-refractivity contribution is 0.145. The van der Waals surface area contributed by atoms with Crippen LogP contribution in [0.1, 0.15) is 39.3 Å². The van der Waals surface area contributed by atoms with Crippen LogP contribution in [0, 0.1) is 13.8 Å². The van der Waals surface area contributed by atoms with Crippen molar-refractivity contribution in [3.8, 4) is 11.1 Å². The van der Waals surface area contributed by atoms with Crippen molar-refractivity contribution in [1.82, 2.24) is 5.32 Å². The maximum absolute atomic E-state index is 12.5. The molecule has 0 saturated heterocycles. The number of imide groups is 1. The van der Waals surface area contributed by atoms with Crippen LogP contribution in [-0.4, -0.2) is 18.7 Å². The monoisotopic (exact) mass is 488 g/mol. The fraction of sp³-hybridized carbons (Fsp3) is 0.125. The molecule has 4 aromatic rings. The van der Waals surface area contributed by atoms with E-state index in [1.165, 1.54) is 16.7 Å². The number of aryl methyl sites for hydroxylation is 2. The van der Waals surface area contributed by atoms with Gasteiger partial charge in [-0.3, -0.25) is 0 Å². The highest BCUT2D eigenvalue weighted by molar-refractivity contribution is 5.99. The van der Waals surface area contributed by atoms with Crippen LogP contribution in [-0.2, 0) is 4.74 Å². The summed E-state index contributed by atoms with van der Waals surface area (Å²) in [5.74, 6) is -0.0680. The minimum atomic E-state index is -0.787. The minimum Gasteiger partial charge on any atom is -0.448 e. The Bertz CT molecular complexity index is 1440. The summed E-state index contributed by atoms with van der Waals surface area (Å²) in [6.45, 7) is 4.31. The SMILES string of the molecule is Cc1cccc(C)c1C=Cc1cccc(NC(=O)NC(=O)OCC2c3ccccc3-c3ccccc32)c1. The van der Waals surface area contributed by atoms with E-state index in [9.17, 15) is 9.59 Å². The number of benzene rings is 4. The van der Waals surface area contributed by atoms with Crippen LogP contribution >= 0.6 is 0 Å². The van der Waals surface area contributed by atoms with Gasteiger partial charge in [0.25, 0.3) is 0 Å². The van der Waals surface area contributed by atoms with E-state index in [0.717, 1.165) is 27.8 Å². The number of fused-ring (bicyclic) bond motifs is 3. The molecule has 184 valence electrons. The lowest BCUT2D eigenvalue weighted by Gasteiger charge is -2.14. The van der Waals surface area contributed by atoms with Crippen LogP contribution in [0.2, 0.25) is 0 Å². The Labute approximate surface area is 216 Å². The number of ether oxygens (including phenoxy) is 1. The van der Waals surface area contributed by atoms with Crippen molar-refractivity contribution in [3.05, 3.63) is 124 Å². The Morgan fingerprint density at radius 2 is 1.41 bits per heavy atom. The standard InChI is InChI=1S/C32H28N2O3/c1-21-9-7-10-22(2)25(21)18-17-23-11-8-12-24(19-23)33-31(35)34-32(36)37-20-30-28-15-5-3-13-26(28)27-14-4-6-16-29(27)30/h3-19,30H,20H2,1-2H3,(H2,33,34,35,36). The van der Waals surface area contributed by atoms with Gasteiger partial charge in [-0.1, -0.05) is 91.0 Å². The molecule has 1 aliphatic rings. The molecule has 0 saturated carbocycles. The van der Waals surface area contributed by atoms with E-state index < -0.39 is 12.1 Å². The molecule has 0 fully saturated rings. The second-order valence-corrected chi connectivity index (χ2v) is 9.17. The fourth-order valence-electron chi connectivity index (χ4n) is 4.88. The molecule has 5 nitrogen and oxygen atoms in total. The van der Waals surface area contributed by atoms with Gasteiger partial charge in [0.2, 0.25) is 0 Å². The van der Waals surface area contributed by atoms with E-state index in [1.54, 1.807) is 6.07 Å². The summed E-state index contributed by atoms with van der Waals surface area (Å²) in [4.78, 5) is 24.9. The van der Waals surface area contributed by atoms with Crippen LogP contribution in [0.4, 0.5) is 15.3 Å². The van der Waals surface area contributed by atoms with Gasteiger partial charge in [-0.15, -0.1) is 0 Å². The molecule has 0 radical (unpaired) electrons. The number of urea groups is 1. The minimum absolute atomic E-state index is 0.0680. The number of carbonyl (C=O) groups is 2.